The van der Waals surface area contributed by atoms with Crippen LogP contribution in [0, 0.1) is 0 Å². The molecule has 0 spiro atoms. The van der Waals surface area contributed by atoms with E-state index in [0.29, 0.717) is 37.3 Å². The average molecular weight is 189 g/mol. The molecule has 0 bridgehead atoms. The minimum Gasteiger partial charge on any atom is -0.544 e. The van der Waals surface area contributed by atoms with Crippen LogP contribution in [0.2, 0.25) is 0 Å². The molecule has 0 unspecified atom stereocenters. The maximum atomic E-state index is 10.5. The first-order chi connectivity index (χ1) is 6.18. The first-order valence-electron chi connectivity index (χ1n) is 4.42. The Bertz CT molecular complexity index is 171. The van der Waals surface area contributed by atoms with E-state index in [2.05, 4.69) is 0 Å². The number of aliphatic hydroxyl groups is 1. The van der Waals surface area contributed by atoms with Crippen molar-refractivity contribution in [2.75, 3.05) is 46.0 Å². The Labute approximate surface area is 77.1 Å². The van der Waals surface area contributed by atoms with E-state index in [9.17, 15) is 9.90 Å². The van der Waals surface area contributed by atoms with Gasteiger partial charge in [-0.3, -0.25) is 0 Å². The number of quaternary nitrogens is 1. The van der Waals surface area contributed by atoms with Crippen molar-refractivity contribution in [3.63, 3.8) is 0 Å². The van der Waals surface area contributed by atoms with Gasteiger partial charge >= 0.3 is 0 Å². The van der Waals surface area contributed by atoms with E-state index in [1.165, 1.54) is 0 Å². The third-order valence-corrected chi connectivity index (χ3v) is 2.46. The lowest BCUT2D eigenvalue weighted by Crippen LogP contribution is -2.60. The van der Waals surface area contributed by atoms with Gasteiger partial charge in [0.2, 0.25) is 0 Å². The molecule has 1 fully saturated rings. The molecule has 1 aliphatic rings. The van der Waals surface area contributed by atoms with Crippen LogP contribution in [-0.2, 0) is 9.53 Å². The van der Waals surface area contributed by atoms with E-state index in [1.54, 1.807) is 0 Å². The second-order valence-electron chi connectivity index (χ2n) is 3.38. The van der Waals surface area contributed by atoms with Gasteiger partial charge in [-0.25, -0.2) is 0 Å². The number of aliphatic hydroxyl groups excluding tert-OH is 1. The van der Waals surface area contributed by atoms with Crippen LogP contribution in [0.5, 0.6) is 0 Å². The SMILES string of the molecule is O=C([O-])C[N+]1(CCO)CCOCC1. The van der Waals surface area contributed by atoms with E-state index in [-0.39, 0.29) is 13.2 Å². The minimum absolute atomic E-state index is 0.00722. The lowest BCUT2D eigenvalue weighted by atomic mass is 10.3. The molecular formula is C8H15NO4. The molecule has 1 rings (SSSR count). The Morgan fingerprint density at radius 3 is 2.54 bits per heavy atom. The molecule has 0 aromatic rings. The van der Waals surface area contributed by atoms with Gasteiger partial charge < -0.3 is 24.2 Å². The zero-order valence-corrected chi connectivity index (χ0v) is 7.57. The number of morpholine rings is 1. The van der Waals surface area contributed by atoms with Gasteiger partial charge in [-0.2, -0.15) is 0 Å². The number of rotatable bonds is 4. The van der Waals surface area contributed by atoms with Crippen molar-refractivity contribution >= 4 is 5.97 Å². The molecule has 1 N–H and O–H groups in total. The summed E-state index contributed by atoms with van der Waals surface area (Å²) < 4.78 is 5.53. The van der Waals surface area contributed by atoms with E-state index < -0.39 is 5.97 Å². The first kappa shape index (κ1) is 10.4. The highest BCUT2D eigenvalue weighted by atomic mass is 16.5. The molecule has 0 atom stereocenters. The summed E-state index contributed by atoms with van der Waals surface area (Å²) in [6, 6.07) is 0. The largest absolute Gasteiger partial charge is 0.544 e. The highest BCUT2D eigenvalue weighted by Crippen LogP contribution is 2.09. The van der Waals surface area contributed by atoms with Crippen molar-refractivity contribution in [3.8, 4) is 0 Å². The van der Waals surface area contributed by atoms with E-state index in [1.807, 2.05) is 0 Å². The van der Waals surface area contributed by atoms with Gasteiger partial charge in [0.1, 0.15) is 26.2 Å². The monoisotopic (exact) mass is 189 g/mol. The van der Waals surface area contributed by atoms with Crippen molar-refractivity contribution in [2.24, 2.45) is 0 Å². The molecule has 0 saturated carbocycles. The zero-order valence-electron chi connectivity index (χ0n) is 7.57. The van der Waals surface area contributed by atoms with Gasteiger partial charge in [0, 0.05) is 0 Å². The molecule has 1 saturated heterocycles. The van der Waals surface area contributed by atoms with Crippen molar-refractivity contribution in [3.05, 3.63) is 0 Å². The summed E-state index contributed by atoms with van der Waals surface area (Å²) in [6.07, 6.45) is 0. The van der Waals surface area contributed by atoms with Crippen LogP contribution in [0.15, 0.2) is 0 Å². The number of carboxylic acids is 1. The normalized spacial score (nSPS) is 21.3. The molecule has 1 aliphatic heterocycles. The maximum absolute atomic E-state index is 10.5. The second kappa shape index (κ2) is 4.55. The Kier molecular flexibility index (Phi) is 3.65. The van der Waals surface area contributed by atoms with E-state index >= 15 is 0 Å². The third kappa shape index (κ3) is 2.95. The van der Waals surface area contributed by atoms with Crippen LogP contribution >= 0.6 is 0 Å². The Morgan fingerprint density at radius 1 is 1.46 bits per heavy atom. The summed E-state index contributed by atoms with van der Waals surface area (Å²) in [7, 11) is 0. The molecule has 0 aliphatic carbocycles. The molecule has 1 heterocycles. The lowest BCUT2D eigenvalue weighted by molar-refractivity contribution is -0.930. The highest BCUT2D eigenvalue weighted by Gasteiger charge is 2.29. The Morgan fingerprint density at radius 2 is 2.08 bits per heavy atom. The van der Waals surface area contributed by atoms with Crippen LogP contribution in [0.25, 0.3) is 0 Å². The summed E-state index contributed by atoms with van der Waals surface area (Å²) in [5.41, 5.74) is 0. The molecule has 0 aromatic heterocycles. The fraction of sp³-hybridized carbons (Fsp3) is 0.875. The van der Waals surface area contributed by atoms with Crippen LogP contribution in [-0.4, -0.2) is 61.6 Å². The van der Waals surface area contributed by atoms with Gasteiger partial charge in [0.25, 0.3) is 0 Å². The summed E-state index contributed by atoms with van der Waals surface area (Å²) >= 11 is 0. The number of nitrogens with zero attached hydrogens (tertiary/aromatic N) is 1. The third-order valence-electron chi connectivity index (χ3n) is 2.46. The molecule has 5 nitrogen and oxygen atoms in total. The molecule has 5 heteroatoms. The molecule has 76 valence electrons. The molecule has 13 heavy (non-hydrogen) atoms. The summed E-state index contributed by atoms with van der Waals surface area (Å²) in [4.78, 5) is 10.5. The molecular weight excluding hydrogens is 174 g/mol. The fourth-order valence-corrected chi connectivity index (χ4v) is 1.68. The smallest absolute Gasteiger partial charge is 0.119 e. The molecule has 0 radical (unpaired) electrons. The van der Waals surface area contributed by atoms with Crippen molar-refractivity contribution in [1.29, 1.82) is 0 Å². The van der Waals surface area contributed by atoms with Gasteiger partial charge in [0.05, 0.1) is 25.8 Å². The van der Waals surface area contributed by atoms with Gasteiger partial charge in [-0.15, -0.1) is 0 Å². The quantitative estimate of drug-likeness (QED) is 0.499. The number of hydrogen-bond donors (Lipinski definition) is 1. The number of hydrogen-bond acceptors (Lipinski definition) is 4. The standard InChI is InChI=1S/C8H15NO4/c10-4-1-9(7-8(11)12)2-5-13-6-3-9/h10H,1-7H2. The summed E-state index contributed by atoms with van der Waals surface area (Å²) in [6.45, 7) is 2.87. The first-order valence-corrected chi connectivity index (χ1v) is 4.42. The number of carbonyl (C=O) groups excluding carboxylic acids is 1. The van der Waals surface area contributed by atoms with Crippen molar-refractivity contribution < 1.29 is 24.2 Å². The molecule has 0 amide bonds. The Hall–Kier alpha value is -0.650. The van der Waals surface area contributed by atoms with Crippen LogP contribution in [0.1, 0.15) is 0 Å². The van der Waals surface area contributed by atoms with Crippen LogP contribution in [0.4, 0.5) is 0 Å². The number of carboxylic acid groups (broad SMARTS) is 1. The fourth-order valence-electron chi connectivity index (χ4n) is 1.68. The maximum Gasteiger partial charge on any atom is 0.119 e. The summed E-state index contributed by atoms with van der Waals surface area (Å²) in [5, 5.41) is 19.3. The van der Waals surface area contributed by atoms with Crippen molar-refractivity contribution in [1.82, 2.24) is 0 Å². The number of carbonyl (C=O) groups is 1. The van der Waals surface area contributed by atoms with Crippen molar-refractivity contribution in [2.45, 2.75) is 0 Å². The minimum atomic E-state index is -1.06. The average Bonchev–Trinajstić information content (AvgIpc) is 2.04. The van der Waals surface area contributed by atoms with Gasteiger partial charge in [-0.05, 0) is 0 Å². The highest BCUT2D eigenvalue weighted by molar-refractivity contribution is 5.65. The van der Waals surface area contributed by atoms with Gasteiger partial charge in [-0.1, -0.05) is 0 Å². The van der Waals surface area contributed by atoms with E-state index in [4.69, 9.17) is 9.84 Å². The zero-order chi connectivity index (χ0) is 9.73. The predicted octanol–water partition coefficient (Wildman–Crippen LogP) is -2.42. The van der Waals surface area contributed by atoms with E-state index in [0.717, 1.165) is 0 Å². The van der Waals surface area contributed by atoms with Gasteiger partial charge in [0.15, 0.2) is 0 Å². The summed E-state index contributed by atoms with van der Waals surface area (Å²) in [5.74, 6) is -1.06. The predicted molar refractivity (Wildman–Crippen MR) is 42.6 cm³/mol. The molecule has 0 aromatic carbocycles. The Balaban J connectivity index is 2.55. The van der Waals surface area contributed by atoms with Crippen LogP contribution < -0.4 is 5.11 Å². The number of aliphatic carboxylic acids is 1. The lowest BCUT2D eigenvalue weighted by Gasteiger charge is -2.41. The number of ether oxygens (including phenoxy) is 1. The van der Waals surface area contributed by atoms with Crippen LogP contribution in [0.3, 0.4) is 0 Å². The second-order valence-corrected chi connectivity index (χ2v) is 3.38. The topological polar surface area (TPSA) is 69.6 Å².